The Balaban J connectivity index is 1.56. The lowest BCUT2D eigenvalue weighted by atomic mass is 9.96. The summed E-state index contributed by atoms with van der Waals surface area (Å²) in [5.74, 6) is -0.839. The number of carbonyl (C=O) groups is 3. The van der Waals surface area contributed by atoms with Crippen molar-refractivity contribution in [2.45, 2.75) is 15.8 Å². The summed E-state index contributed by atoms with van der Waals surface area (Å²) in [5.41, 5.74) is 2.24. The smallest absolute Gasteiger partial charge is 0.338 e. The predicted molar refractivity (Wildman–Crippen MR) is 121 cm³/mol. The summed E-state index contributed by atoms with van der Waals surface area (Å²) in [5, 5.41) is 5.65. The zero-order valence-corrected chi connectivity index (χ0v) is 18.6. The average Bonchev–Trinajstić information content (AvgIpc) is 3.17. The van der Waals surface area contributed by atoms with Gasteiger partial charge in [-0.25, -0.2) is 9.59 Å². The van der Waals surface area contributed by atoms with Crippen molar-refractivity contribution in [2.75, 3.05) is 31.0 Å². The summed E-state index contributed by atoms with van der Waals surface area (Å²) < 4.78 is 5.22. The van der Waals surface area contributed by atoms with E-state index in [0.29, 0.717) is 17.0 Å². The molecule has 0 unspecified atom stereocenters. The number of anilines is 1. The van der Waals surface area contributed by atoms with Crippen LogP contribution in [0.25, 0.3) is 0 Å². The predicted octanol–water partition coefficient (Wildman–Crippen LogP) is 3.65. The first-order chi connectivity index (χ1) is 15.0. The number of nitrogens with one attached hydrogen (secondary N) is 2. The molecule has 2 aromatic rings. The first kappa shape index (κ1) is 21.3. The van der Waals surface area contributed by atoms with E-state index in [2.05, 4.69) is 10.6 Å². The Morgan fingerprint density at radius 3 is 2.58 bits per heavy atom. The van der Waals surface area contributed by atoms with Crippen molar-refractivity contribution in [3.05, 3.63) is 65.4 Å². The highest BCUT2D eigenvalue weighted by molar-refractivity contribution is 7.98. The Kier molecular flexibility index (Phi) is 6.24. The number of ether oxygens (including phenoxy) is 1. The Hall–Kier alpha value is -2.91. The number of rotatable bonds is 6. The summed E-state index contributed by atoms with van der Waals surface area (Å²) in [4.78, 5) is 41.3. The van der Waals surface area contributed by atoms with Crippen molar-refractivity contribution in [1.82, 2.24) is 10.2 Å². The van der Waals surface area contributed by atoms with Gasteiger partial charge in [-0.15, -0.1) is 23.5 Å². The van der Waals surface area contributed by atoms with Gasteiger partial charge in [0.2, 0.25) is 5.91 Å². The van der Waals surface area contributed by atoms with E-state index >= 15 is 0 Å². The molecule has 2 aliphatic heterocycles. The number of benzene rings is 2. The van der Waals surface area contributed by atoms with Gasteiger partial charge in [0, 0.05) is 15.5 Å². The molecular formula is C22H21N3O4S2. The van der Waals surface area contributed by atoms with Gasteiger partial charge in [-0.05, 0) is 48.4 Å². The number of nitrogens with zero attached hydrogens (tertiary/aromatic N) is 1. The molecule has 0 saturated heterocycles. The maximum atomic E-state index is 12.9. The van der Waals surface area contributed by atoms with E-state index in [-0.39, 0.29) is 19.1 Å². The first-order valence-electron chi connectivity index (χ1n) is 9.56. The highest BCUT2D eigenvalue weighted by Crippen LogP contribution is 2.35. The van der Waals surface area contributed by atoms with E-state index in [1.807, 2.05) is 55.0 Å². The number of carbonyl (C=O) groups excluding carboxylic acids is 3. The standard InChI is InChI=1S/C22H21N3O4S2/c1-30-15-8-6-13(7-9-15)20-19-17(12-29-21(19)27)25(22(28)24-20)11-18(26)23-14-4-3-5-16(10-14)31-2/h3-10,20H,11-12H2,1-2H3,(H,23,26)(H,24,28)/t20-/m1/s1. The van der Waals surface area contributed by atoms with Crippen LogP contribution in [0.15, 0.2) is 69.6 Å². The van der Waals surface area contributed by atoms with E-state index in [1.165, 1.54) is 4.90 Å². The normalized spacial score (nSPS) is 17.9. The molecule has 2 aliphatic rings. The quantitative estimate of drug-likeness (QED) is 0.511. The van der Waals surface area contributed by atoms with Crippen molar-refractivity contribution in [1.29, 1.82) is 0 Å². The Morgan fingerprint density at radius 1 is 1.13 bits per heavy atom. The number of urea groups is 1. The van der Waals surface area contributed by atoms with Gasteiger partial charge in [0.1, 0.15) is 13.2 Å². The number of hydrogen-bond acceptors (Lipinski definition) is 6. The number of esters is 1. The van der Waals surface area contributed by atoms with E-state index in [9.17, 15) is 14.4 Å². The van der Waals surface area contributed by atoms with Crippen LogP contribution in [0.3, 0.4) is 0 Å². The first-order valence-corrected chi connectivity index (χ1v) is 12.0. The van der Waals surface area contributed by atoms with Gasteiger partial charge in [-0.3, -0.25) is 9.69 Å². The van der Waals surface area contributed by atoms with Gasteiger partial charge in [0.15, 0.2) is 0 Å². The summed E-state index contributed by atoms with van der Waals surface area (Å²) in [6.07, 6.45) is 3.93. The van der Waals surface area contributed by atoms with Crippen molar-refractivity contribution < 1.29 is 19.1 Å². The maximum absolute atomic E-state index is 12.9. The molecule has 0 spiro atoms. The lowest BCUT2D eigenvalue weighted by Crippen LogP contribution is -2.49. The van der Waals surface area contributed by atoms with Crippen LogP contribution in [0, 0.1) is 0 Å². The van der Waals surface area contributed by atoms with Crippen LogP contribution < -0.4 is 10.6 Å². The van der Waals surface area contributed by atoms with E-state index < -0.39 is 18.0 Å². The van der Waals surface area contributed by atoms with Crippen LogP contribution >= 0.6 is 23.5 Å². The van der Waals surface area contributed by atoms with Crippen LogP contribution in [0.4, 0.5) is 10.5 Å². The minimum absolute atomic E-state index is 0.0315. The zero-order chi connectivity index (χ0) is 22.0. The third kappa shape index (κ3) is 4.42. The van der Waals surface area contributed by atoms with Crippen molar-refractivity contribution in [2.24, 2.45) is 0 Å². The summed E-state index contributed by atoms with van der Waals surface area (Å²) >= 11 is 3.18. The molecule has 0 fully saturated rings. The Labute approximate surface area is 188 Å². The average molecular weight is 456 g/mol. The fraction of sp³-hybridized carbons (Fsp3) is 0.227. The monoisotopic (exact) mass is 455 g/mol. The number of hydrogen-bond donors (Lipinski definition) is 2. The molecule has 3 amide bonds. The van der Waals surface area contributed by atoms with Gasteiger partial charge in [-0.2, -0.15) is 0 Å². The molecule has 160 valence electrons. The molecule has 9 heteroatoms. The summed E-state index contributed by atoms with van der Waals surface area (Å²) in [7, 11) is 0. The minimum atomic E-state index is -0.606. The fourth-order valence-corrected chi connectivity index (χ4v) is 4.44. The number of cyclic esters (lactones) is 1. The van der Waals surface area contributed by atoms with Crippen LogP contribution in [0.1, 0.15) is 11.6 Å². The Morgan fingerprint density at radius 2 is 1.87 bits per heavy atom. The molecule has 0 aromatic heterocycles. The molecule has 0 saturated carbocycles. The van der Waals surface area contributed by atoms with Gasteiger partial charge in [0.25, 0.3) is 0 Å². The largest absolute Gasteiger partial charge is 0.456 e. The van der Waals surface area contributed by atoms with Crippen LogP contribution in [-0.4, -0.2) is 48.5 Å². The molecule has 4 rings (SSSR count). The van der Waals surface area contributed by atoms with E-state index in [4.69, 9.17) is 4.74 Å². The van der Waals surface area contributed by atoms with Gasteiger partial charge >= 0.3 is 12.0 Å². The van der Waals surface area contributed by atoms with Crippen LogP contribution in [0.5, 0.6) is 0 Å². The SMILES string of the molecule is CSc1ccc([C@H]2NC(=O)N(CC(=O)Nc3cccc(SC)c3)C3=C2C(=O)OC3)cc1. The fourth-order valence-electron chi connectivity index (χ4n) is 3.57. The van der Waals surface area contributed by atoms with Crippen LogP contribution in [0.2, 0.25) is 0 Å². The van der Waals surface area contributed by atoms with Gasteiger partial charge in [-0.1, -0.05) is 18.2 Å². The Bertz CT molecular complexity index is 1070. The summed E-state index contributed by atoms with van der Waals surface area (Å²) in [6, 6.07) is 14.0. The minimum Gasteiger partial charge on any atom is -0.456 e. The van der Waals surface area contributed by atoms with Crippen LogP contribution in [-0.2, 0) is 14.3 Å². The summed E-state index contributed by atoms with van der Waals surface area (Å²) in [6.45, 7) is -0.251. The van der Waals surface area contributed by atoms with E-state index in [0.717, 1.165) is 15.4 Å². The molecule has 7 nitrogen and oxygen atoms in total. The molecule has 31 heavy (non-hydrogen) atoms. The second-order valence-corrected chi connectivity index (χ2v) is 8.72. The maximum Gasteiger partial charge on any atom is 0.338 e. The molecular weight excluding hydrogens is 434 g/mol. The number of amides is 3. The van der Waals surface area contributed by atoms with Gasteiger partial charge in [0.05, 0.1) is 17.3 Å². The van der Waals surface area contributed by atoms with E-state index in [1.54, 1.807) is 29.6 Å². The van der Waals surface area contributed by atoms with Crippen molar-refractivity contribution in [3.8, 4) is 0 Å². The van der Waals surface area contributed by atoms with Crippen molar-refractivity contribution >= 4 is 47.1 Å². The lowest BCUT2D eigenvalue weighted by molar-refractivity contribution is -0.136. The van der Waals surface area contributed by atoms with Gasteiger partial charge < -0.3 is 15.4 Å². The molecule has 0 radical (unpaired) electrons. The highest BCUT2D eigenvalue weighted by Gasteiger charge is 2.42. The molecule has 2 N–H and O–H groups in total. The second kappa shape index (κ2) is 9.07. The third-order valence-electron chi connectivity index (χ3n) is 5.10. The zero-order valence-electron chi connectivity index (χ0n) is 17.0. The molecule has 2 heterocycles. The molecule has 0 bridgehead atoms. The third-order valence-corrected chi connectivity index (χ3v) is 6.57. The number of thioether (sulfide) groups is 2. The lowest BCUT2D eigenvalue weighted by Gasteiger charge is -2.32. The molecule has 1 atom stereocenters. The topological polar surface area (TPSA) is 87.7 Å². The molecule has 0 aliphatic carbocycles. The molecule has 2 aromatic carbocycles. The highest BCUT2D eigenvalue weighted by atomic mass is 32.2. The van der Waals surface area contributed by atoms with Crippen molar-refractivity contribution in [3.63, 3.8) is 0 Å². The second-order valence-electron chi connectivity index (χ2n) is 6.96.